The highest BCUT2D eigenvalue weighted by Crippen LogP contribution is 2.35. The molecule has 3 heterocycles. The van der Waals surface area contributed by atoms with Gasteiger partial charge < -0.3 is 10.1 Å². The van der Waals surface area contributed by atoms with Crippen molar-refractivity contribution in [1.29, 1.82) is 0 Å². The molecule has 0 bridgehead atoms. The van der Waals surface area contributed by atoms with Gasteiger partial charge in [0.25, 0.3) is 5.56 Å². The largest absolute Gasteiger partial charge is 0.382 e. The molecule has 1 aromatic carbocycles. The molecule has 0 saturated carbocycles. The van der Waals surface area contributed by atoms with Crippen LogP contribution in [0.1, 0.15) is 6.42 Å². The topological polar surface area (TPSA) is 59.4 Å². The molecule has 156 valence electrons. The normalized spacial score (nSPS) is 22.7. The molecule has 4 rings (SSSR count). The average molecular weight is 476 g/mol. The third-order valence-electron chi connectivity index (χ3n) is 5.45. The number of nitrogens with one attached hydrogen (secondary N) is 1. The lowest BCUT2D eigenvalue weighted by atomic mass is 9.95. The van der Waals surface area contributed by atoms with E-state index in [0.717, 1.165) is 56.5 Å². The number of rotatable bonds is 5. The monoisotopic (exact) mass is 474 g/mol. The number of hydrogen-bond donors (Lipinski definition) is 1. The molecule has 0 amide bonds. The fraction of sp³-hybridized carbons (Fsp3) is 0.474. The number of ether oxygens (including phenoxy) is 1. The second-order valence-electron chi connectivity index (χ2n) is 7.17. The molecular weight excluding hydrogens is 455 g/mol. The Balaban J connectivity index is 1.53. The minimum absolute atomic E-state index is 0.0637. The fourth-order valence-corrected chi connectivity index (χ4v) is 5.74. The quantitative estimate of drug-likeness (QED) is 0.709. The van der Waals surface area contributed by atoms with E-state index in [9.17, 15) is 4.79 Å². The lowest BCUT2D eigenvalue weighted by Crippen LogP contribution is -2.57. The maximum Gasteiger partial charge on any atom is 0.291 e. The van der Waals surface area contributed by atoms with E-state index >= 15 is 0 Å². The van der Waals surface area contributed by atoms with Gasteiger partial charge in [-0.1, -0.05) is 34.8 Å². The minimum atomic E-state index is -0.481. The van der Waals surface area contributed by atoms with Crippen LogP contribution in [-0.4, -0.2) is 64.6 Å². The first-order valence-electron chi connectivity index (χ1n) is 9.38. The summed E-state index contributed by atoms with van der Waals surface area (Å²) in [6.45, 7) is 4.30. The Morgan fingerprint density at radius 3 is 2.69 bits per heavy atom. The summed E-state index contributed by atoms with van der Waals surface area (Å²) in [6.07, 6.45) is 2.48. The first-order valence-corrected chi connectivity index (χ1v) is 11.7. The van der Waals surface area contributed by atoms with Gasteiger partial charge in [-0.15, -0.1) is 0 Å². The minimum Gasteiger partial charge on any atom is -0.382 e. The highest BCUT2D eigenvalue weighted by Gasteiger charge is 2.40. The van der Waals surface area contributed by atoms with E-state index in [2.05, 4.69) is 15.3 Å². The molecule has 1 N–H and O–H groups in total. The van der Waals surface area contributed by atoms with Gasteiger partial charge in [0.05, 0.1) is 40.8 Å². The van der Waals surface area contributed by atoms with Crippen molar-refractivity contribution in [2.24, 2.45) is 0 Å². The van der Waals surface area contributed by atoms with Gasteiger partial charge in [-0.2, -0.15) is 21.5 Å². The molecule has 0 aliphatic carbocycles. The third-order valence-corrected chi connectivity index (χ3v) is 7.74. The van der Waals surface area contributed by atoms with Crippen molar-refractivity contribution in [3.63, 3.8) is 0 Å². The molecule has 29 heavy (non-hydrogen) atoms. The smallest absolute Gasteiger partial charge is 0.291 e. The van der Waals surface area contributed by atoms with Crippen LogP contribution in [0.5, 0.6) is 0 Å². The summed E-state index contributed by atoms with van der Waals surface area (Å²) >= 11 is 20.3. The van der Waals surface area contributed by atoms with Gasteiger partial charge in [0.2, 0.25) is 0 Å². The summed E-state index contributed by atoms with van der Waals surface area (Å²) in [5, 5.41) is 8.15. The van der Waals surface area contributed by atoms with Crippen molar-refractivity contribution in [2.45, 2.75) is 12.0 Å². The van der Waals surface area contributed by atoms with Crippen molar-refractivity contribution in [3.05, 3.63) is 49.8 Å². The number of nitrogens with zero attached hydrogens (tertiary/aromatic N) is 3. The van der Waals surface area contributed by atoms with Crippen molar-refractivity contribution < 1.29 is 4.74 Å². The molecule has 1 aromatic heterocycles. The summed E-state index contributed by atoms with van der Waals surface area (Å²) in [7, 11) is 0. The van der Waals surface area contributed by atoms with E-state index in [1.807, 2.05) is 17.8 Å². The average Bonchev–Trinajstić information content (AvgIpc) is 3.22. The van der Waals surface area contributed by atoms with Crippen LogP contribution in [0.3, 0.4) is 0 Å². The number of benzene rings is 1. The van der Waals surface area contributed by atoms with Crippen molar-refractivity contribution >= 4 is 52.3 Å². The van der Waals surface area contributed by atoms with Gasteiger partial charge in [-0.25, -0.2) is 0 Å². The molecular formula is C19H21Cl3N4O2S. The van der Waals surface area contributed by atoms with Crippen LogP contribution in [0.4, 0.5) is 5.69 Å². The predicted molar refractivity (Wildman–Crippen MR) is 120 cm³/mol. The van der Waals surface area contributed by atoms with Crippen LogP contribution in [0.2, 0.25) is 15.1 Å². The van der Waals surface area contributed by atoms with Gasteiger partial charge in [0.1, 0.15) is 5.02 Å². The fourth-order valence-electron chi connectivity index (χ4n) is 3.77. The molecule has 2 saturated heterocycles. The number of morpholine rings is 1. The Bertz CT molecular complexity index is 944. The highest BCUT2D eigenvalue weighted by molar-refractivity contribution is 7.99. The predicted octanol–water partition coefficient (Wildman–Crippen LogP) is 3.81. The van der Waals surface area contributed by atoms with Gasteiger partial charge >= 0.3 is 0 Å². The summed E-state index contributed by atoms with van der Waals surface area (Å²) in [6, 6.07) is 5.36. The Morgan fingerprint density at radius 1 is 1.21 bits per heavy atom. The molecule has 2 fully saturated rings. The summed E-state index contributed by atoms with van der Waals surface area (Å²) in [5.41, 5.74) is 0.986. The maximum absolute atomic E-state index is 12.3. The number of halogens is 3. The van der Waals surface area contributed by atoms with E-state index in [1.54, 1.807) is 12.1 Å². The lowest BCUT2D eigenvalue weighted by molar-refractivity contribution is -0.00920. The molecule has 1 unspecified atom stereocenters. The van der Waals surface area contributed by atoms with Crippen LogP contribution >= 0.6 is 46.6 Å². The summed E-state index contributed by atoms with van der Waals surface area (Å²) in [5.74, 6) is 2.26. The molecule has 1 atom stereocenters. The lowest BCUT2D eigenvalue weighted by Gasteiger charge is -2.43. The number of thioether (sulfide) groups is 1. The Labute approximate surface area is 188 Å². The molecule has 0 spiro atoms. The van der Waals surface area contributed by atoms with E-state index in [0.29, 0.717) is 10.7 Å². The van der Waals surface area contributed by atoms with E-state index < -0.39 is 5.56 Å². The highest BCUT2D eigenvalue weighted by atomic mass is 35.5. The van der Waals surface area contributed by atoms with Crippen LogP contribution in [0, 0.1) is 0 Å². The van der Waals surface area contributed by atoms with Crippen LogP contribution in [0.15, 0.2) is 29.2 Å². The second-order valence-corrected chi connectivity index (χ2v) is 9.47. The van der Waals surface area contributed by atoms with Crippen LogP contribution in [0.25, 0.3) is 5.69 Å². The Hall–Kier alpha value is -0.960. The molecule has 10 heteroatoms. The molecule has 6 nitrogen and oxygen atoms in total. The third kappa shape index (κ3) is 4.40. The molecule has 0 radical (unpaired) electrons. The zero-order chi connectivity index (χ0) is 20.4. The zero-order valence-corrected chi connectivity index (χ0v) is 18.8. The molecule has 2 aliphatic rings. The van der Waals surface area contributed by atoms with E-state index in [4.69, 9.17) is 39.5 Å². The van der Waals surface area contributed by atoms with Gasteiger partial charge in [0.15, 0.2) is 0 Å². The SMILES string of the molecule is O=c1c(Cl)c(Cl)cnn1-c1ccc(NCC2(N3CCOCC3)CCSC2)c(Cl)c1. The van der Waals surface area contributed by atoms with Crippen molar-refractivity contribution in [3.8, 4) is 5.69 Å². The summed E-state index contributed by atoms with van der Waals surface area (Å²) < 4.78 is 6.71. The standard InChI is InChI=1S/C19H21Cl3N4O2S/c20-14-9-13(26-18(27)17(22)15(21)10-24-26)1-2-16(14)23-11-19(3-8-29-12-19)25-4-6-28-7-5-25/h1-2,9-10,23H,3-8,11-12H2. The second kappa shape index (κ2) is 9.04. The van der Waals surface area contributed by atoms with Crippen molar-refractivity contribution in [1.82, 2.24) is 14.7 Å². The first-order chi connectivity index (χ1) is 14.0. The van der Waals surface area contributed by atoms with Crippen LogP contribution in [-0.2, 0) is 4.74 Å². The summed E-state index contributed by atoms with van der Waals surface area (Å²) in [4.78, 5) is 14.9. The molecule has 2 aliphatic heterocycles. The molecule has 2 aromatic rings. The number of aromatic nitrogens is 2. The van der Waals surface area contributed by atoms with Gasteiger partial charge in [-0.05, 0) is 30.4 Å². The van der Waals surface area contributed by atoms with E-state index in [1.165, 1.54) is 10.9 Å². The number of anilines is 1. The van der Waals surface area contributed by atoms with E-state index in [-0.39, 0.29) is 15.6 Å². The Kier molecular flexibility index (Phi) is 6.63. The van der Waals surface area contributed by atoms with Crippen LogP contribution < -0.4 is 10.9 Å². The maximum atomic E-state index is 12.3. The van der Waals surface area contributed by atoms with Gasteiger partial charge in [-0.3, -0.25) is 9.69 Å². The first kappa shape index (κ1) is 21.3. The Morgan fingerprint density at radius 2 is 2.00 bits per heavy atom. The zero-order valence-electron chi connectivity index (χ0n) is 15.7. The van der Waals surface area contributed by atoms with Crippen molar-refractivity contribution in [2.75, 3.05) is 49.7 Å². The number of hydrogen-bond acceptors (Lipinski definition) is 6. The van der Waals surface area contributed by atoms with Gasteiger partial charge in [0, 0.05) is 30.9 Å².